The van der Waals surface area contributed by atoms with Crippen LogP contribution in [0, 0.1) is 5.82 Å². The normalized spacial score (nSPS) is 10.4. The number of aryl methyl sites for hydroxylation is 1. The van der Waals surface area contributed by atoms with Gasteiger partial charge in [-0.15, -0.1) is 0 Å². The summed E-state index contributed by atoms with van der Waals surface area (Å²) in [6, 6.07) is 5.41. The van der Waals surface area contributed by atoms with Crippen LogP contribution in [0.5, 0.6) is 5.75 Å². The summed E-state index contributed by atoms with van der Waals surface area (Å²) in [5, 5.41) is 13.0. The lowest BCUT2D eigenvalue weighted by atomic mass is 10.1. The zero-order chi connectivity index (χ0) is 13.3. The molecule has 18 heavy (non-hydrogen) atoms. The van der Waals surface area contributed by atoms with Crippen molar-refractivity contribution >= 4 is 5.97 Å². The molecule has 2 rings (SSSR count). The van der Waals surface area contributed by atoms with Gasteiger partial charge < -0.3 is 9.84 Å². The summed E-state index contributed by atoms with van der Waals surface area (Å²) in [7, 11) is 2.95. The summed E-state index contributed by atoms with van der Waals surface area (Å²) in [5.41, 5.74) is 1.02. The zero-order valence-electron chi connectivity index (χ0n) is 9.85. The Kier molecular flexibility index (Phi) is 3.01. The maximum absolute atomic E-state index is 13.1. The summed E-state index contributed by atoms with van der Waals surface area (Å²) in [6.07, 6.45) is 0. The van der Waals surface area contributed by atoms with Crippen LogP contribution >= 0.6 is 0 Å². The van der Waals surface area contributed by atoms with Gasteiger partial charge in [-0.05, 0) is 18.2 Å². The maximum Gasteiger partial charge on any atom is 0.354 e. The summed E-state index contributed by atoms with van der Waals surface area (Å²) in [5.74, 6) is -1.19. The fourth-order valence-corrected chi connectivity index (χ4v) is 1.68. The van der Waals surface area contributed by atoms with E-state index in [1.807, 2.05) is 0 Å². The molecule has 0 atom stereocenters. The van der Waals surface area contributed by atoms with Crippen LogP contribution in [0.4, 0.5) is 4.39 Å². The van der Waals surface area contributed by atoms with E-state index in [2.05, 4.69) is 5.10 Å². The third-order valence-corrected chi connectivity index (χ3v) is 2.54. The van der Waals surface area contributed by atoms with Crippen molar-refractivity contribution in [2.45, 2.75) is 0 Å². The Hall–Kier alpha value is -2.37. The highest BCUT2D eigenvalue weighted by Gasteiger charge is 2.15. The van der Waals surface area contributed by atoms with Gasteiger partial charge in [-0.25, -0.2) is 9.18 Å². The van der Waals surface area contributed by atoms with Gasteiger partial charge in [0.1, 0.15) is 17.3 Å². The molecule has 1 aromatic carbocycles. The molecule has 0 aliphatic heterocycles. The van der Waals surface area contributed by atoms with E-state index in [4.69, 9.17) is 9.84 Å². The quantitative estimate of drug-likeness (QED) is 0.904. The van der Waals surface area contributed by atoms with Gasteiger partial charge in [-0.1, -0.05) is 0 Å². The van der Waals surface area contributed by atoms with Crippen molar-refractivity contribution in [3.05, 3.63) is 35.8 Å². The number of carboxylic acids is 1. The summed E-state index contributed by atoms with van der Waals surface area (Å²) >= 11 is 0. The minimum Gasteiger partial charge on any atom is -0.496 e. The molecule has 0 spiro atoms. The molecule has 1 N–H and O–H groups in total. The van der Waals surface area contributed by atoms with E-state index in [0.717, 1.165) is 0 Å². The average molecular weight is 250 g/mol. The fourth-order valence-electron chi connectivity index (χ4n) is 1.68. The Balaban J connectivity index is 2.55. The predicted molar refractivity (Wildman–Crippen MR) is 62.1 cm³/mol. The number of carbonyl (C=O) groups is 1. The van der Waals surface area contributed by atoms with Crippen molar-refractivity contribution < 1.29 is 19.0 Å². The van der Waals surface area contributed by atoms with E-state index in [1.54, 1.807) is 0 Å². The first kappa shape index (κ1) is 12.1. The van der Waals surface area contributed by atoms with Crippen molar-refractivity contribution in [3.8, 4) is 17.0 Å². The van der Waals surface area contributed by atoms with Gasteiger partial charge in [0.2, 0.25) is 0 Å². The second-order valence-corrected chi connectivity index (χ2v) is 3.69. The topological polar surface area (TPSA) is 64.3 Å². The van der Waals surface area contributed by atoms with Crippen LogP contribution in [-0.4, -0.2) is 28.0 Å². The second kappa shape index (κ2) is 4.48. The number of aromatic nitrogens is 2. The predicted octanol–water partition coefficient (Wildman–Crippen LogP) is 1.93. The maximum atomic E-state index is 13.1. The van der Waals surface area contributed by atoms with Crippen LogP contribution in [0.25, 0.3) is 11.3 Å². The van der Waals surface area contributed by atoms with Gasteiger partial charge >= 0.3 is 5.97 Å². The van der Waals surface area contributed by atoms with Crippen LogP contribution in [0.1, 0.15) is 10.5 Å². The molecule has 0 saturated heterocycles. The van der Waals surface area contributed by atoms with E-state index in [0.29, 0.717) is 17.0 Å². The highest BCUT2D eigenvalue weighted by Crippen LogP contribution is 2.29. The SMILES string of the molecule is COc1cc(F)ccc1-c1cc(C(=O)O)n(C)n1. The van der Waals surface area contributed by atoms with Gasteiger partial charge in [-0.2, -0.15) is 5.10 Å². The Morgan fingerprint density at radius 1 is 1.44 bits per heavy atom. The van der Waals surface area contributed by atoms with E-state index < -0.39 is 11.8 Å². The molecular weight excluding hydrogens is 239 g/mol. The molecule has 2 aromatic rings. The number of rotatable bonds is 3. The number of hydrogen-bond acceptors (Lipinski definition) is 3. The van der Waals surface area contributed by atoms with E-state index in [-0.39, 0.29) is 5.69 Å². The number of methoxy groups -OCH3 is 1. The lowest BCUT2D eigenvalue weighted by molar-refractivity contribution is 0.0685. The minimum atomic E-state index is -1.07. The third-order valence-electron chi connectivity index (χ3n) is 2.54. The lowest BCUT2D eigenvalue weighted by Crippen LogP contribution is -2.04. The first-order valence-electron chi connectivity index (χ1n) is 5.14. The number of carboxylic acid groups (broad SMARTS) is 1. The smallest absolute Gasteiger partial charge is 0.354 e. The lowest BCUT2D eigenvalue weighted by Gasteiger charge is -2.05. The minimum absolute atomic E-state index is 0.0522. The molecule has 0 aliphatic rings. The Bertz CT molecular complexity index is 607. The molecule has 94 valence electrons. The van der Waals surface area contributed by atoms with Crippen LogP contribution < -0.4 is 4.74 Å². The monoisotopic (exact) mass is 250 g/mol. The first-order chi connectivity index (χ1) is 8.52. The van der Waals surface area contributed by atoms with Gasteiger partial charge in [0.15, 0.2) is 0 Å². The van der Waals surface area contributed by atoms with Crippen molar-refractivity contribution in [1.82, 2.24) is 9.78 Å². The number of aromatic carboxylic acids is 1. The Morgan fingerprint density at radius 2 is 2.17 bits per heavy atom. The number of benzene rings is 1. The fraction of sp³-hybridized carbons (Fsp3) is 0.167. The number of hydrogen-bond donors (Lipinski definition) is 1. The average Bonchev–Trinajstić information content (AvgIpc) is 2.71. The Morgan fingerprint density at radius 3 is 2.72 bits per heavy atom. The molecule has 0 aliphatic carbocycles. The molecular formula is C12H11FN2O3. The molecule has 0 radical (unpaired) electrons. The highest BCUT2D eigenvalue weighted by molar-refractivity contribution is 5.87. The molecule has 0 bridgehead atoms. The van der Waals surface area contributed by atoms with Gasteiger partial charge in [0.05, 0.1) is 12.8 Å². The van der Waals surface area contributed by atoms with Crippen molar-refractivity contribution in [2.75, 3.05) is 7.11 Å². The van der Waals surface area contributed by atoms with Crippen molar-refractivity contribution in [1.29, 1.82) is 0 Å². The molecule has 0 amide bonds. The van der Waals surface area contributed by atoms with Crippen molar-refractivity contribution in [2.24, 2.45) is 7.05 Å². The molecule has 0 unspecified atom stereocenters. The van der Waals surface area contributed by atoms with Crippen LogP contribution in [-0.2, 0) is 7.05 Å². The highest BCUT2D eigenvalue weighted by atomic mass is 19.1. The second-order valence-electron chi connectivity index (χ2n) is 3.69. The Labute approximate surface area is 102 Å². The van der Waals surface area contributed by atoms with Gasteiger partial charge in [-0.3, -0.25) is 4.68 Å². The molecule has 0 saturated carbocycles. The molecule has 1 heterocycles. The van der Waals surface area contributed by atoms with E-state index in [1.165, 1.54) is 43.1 Å². The van der Waals surface area contributed by atoms with E-state index >= 15 is 0 Å². The summed E-state index contributed by atoms with van der Waals surface area (Å²) < 4.78 is 19.4. The first-order valence-corrected chi connectivity index (χ1v) is 5.14. The number of ether oxygens (including phenoxy) is 1. The zero-order valence-corrected chi connectivity index (χ0v) is 9.85. The largest absolute Gasteiger partial charge is 0.496 e. The van der Waals surface area contributed by atoms with Crippen LogP contribution in [0.2, 0.25) is 0 Å². The summed E-state index contributed by atoms with van der Waals surface area (Å²) in [6.45, 7) is 0. The van der Waals surface area contributed by atoms with Crippen LogP contribution in [0.15, 0.2) is 24.3 Å². The summed E-state index contributed by atoms with van der Waals surface area (Å²) in [4.78, 5) is 10.9. The van der Waals surface area contributed by atoms with Gasteiger partial charge in [0.25, 0.3) is 0 Å². The number of nitrogens with zero attached hydrogens (tertiary/aromatic N) is 2. The molecule has 1 aromatic heterocycles. The van der Waals surface area contributed by atoms with Gasteiger partial charge in [0, 0.05) is 18.7 Å². The molecule has 6 heteroatoms. The molecule has 5 nitrogen and oxygen atoms in total. The standard InChI is InChI=1S/C12H11FN2O3/c1-15-10(12(16)17)6-9(14-15)8-4-3-7(13)5-11(8)18-2/h3-6H,1-2H3,(H,16,17). The van der Waals surface area contributed by atoms with Crippen molar-refractivity contribution in [3.63, 3.8) is 0 Å². The van der Waals surface area contributed by atoms with Crippen LogP contribution in [0.3, 0.4) is 0 Å². The third kappa shape index (κ3) is 2.04. The molecule has 0 fully saturated rings. The van der Waals surface area contributed by atoms with E-state index in [9.17, 15) is 9.18 Å². The number of halogens is 1.